The van der Waals surface area contributed by atoms with Gasteiger partial charge in [0.1, 0.15) is 0 Å². The van der Waals surface area contributed by atoms with Gasteiger partial charge in [-0.2, -0.15) is 0 Å². The first-order valence-corrected chi connectivity index (χ1v) is 6.35. The van der Waals surface area contributed by atoms with Crippen LogP contribution in [0.25, 0.3) is 0 Å². The van der Waals surface area contributed by atoms with E-state index in [1.54, 1.807) is 7.11 Å². The minimum Gasteiger partial charge on any atom is -0.388 e. The van der Waals surface area contributed by atoms with Crippen LogP contribution >= 0.6 is 0 Å². The minimum atomic E-state index is -0.680. The number of methoxy groups -OCH3 is 1. The molecule has 0 aromatic heterocycles. The summed E-state index contributed by atoms with van der Waals surface area (Å²) in [4.78, 5) is 11.5. The molecule has 100 valence electrons. The van der Waals surface area contributed by atoms with E-state index < -0.39 is 5.60 Å². The van der Waals surface area contributed by atoms with Gasteiger partial charge in [-0.05, 0) is 12.8 Å². The number of carbonyl (C=O) groups is 1. The van der Waals surface area contributed by atoms with Gasteiger partial charge in [-0.3, -0.25) is 4.79 Å². The van der Waals surface area contributed by atoms with E-state index in [2.05, 4.69) is 10.6 Å². The maximum absolute atomic E-state index is 11.5. The molecular formula is C12H24N2O3. The molecule has 0 aromatic rings. The first kappa shape index (κ1) is 14.4. The normalized spacial score (nSPS) is 18.9. The Labute approximate surface area is 103 Å². The Balaban J connectivity index is 2.10. The zero-order valence-electron chi connectivity index (χ0n) is 10.6. The van der Waals surface area contributed by atoms with Crippen LogP contribution in [0.15, 0.2) is 0 Å². The molecule has 1 amide bonds. The molecule has 0 unspecified atom stereocenters. The van der Waals surface area contributed by atoms with Crippen LogP contribution in [-0.4, -0.2) is 50.0 Å². The van der Waals surface area contributed by atoms with Crippen molar-refractivity contribution in [1.82, 2.24) is 10.6 Å². The predicted octanol–water partition coefficient (Wildman–Crippen LogP) is 0.0338. The summed E-state index contributed by atoms with van der Waals surface area (Å²) in [5.41, 5.74) is -0.680. The van der Waals surface area contributed by atoms with Crippen LogP contribution in [0.3, 0.4) is 0 Å². The van der Waals surface area contributed by atoms with Crippen LogP contribution in [0.1, 0.15) is 32.1 Å². The molecule has 0 aromatic carbocycles. The molecule has 1 saturated carbocycles. The molecule has 1 aliphatic rings. The van der Waals surface area contributed by atoms with E-state index in [0.717, 1.165) is 25.7 Å². The van der Waals surface area contributed by atoms with Gasteiger partial charge in [0.2, 0.25) is 5.91 Å². The number of ether oxygens (including phenoxy) is 1. The van der Waals surface area contributed by atoms with E-state index in [9.17, 15) is 9.90 Å². The lowest BCUT2D eigenvalue weighted by molar-refractivity contribution is -0.121. The van der Waals surface area contributed by atoms with Gasteiger partial charge in [0.25, 0.3) is 0 Å². The molecule has 3 N–H and O–H groups in total. The summed E-state index contributed by atoms with van der Waals surface area (Å²) < 4.78 is 4.86. The standard InChI is InChI=1S/C12H24N2O3/c1-17-8-7-13-9-11(15)14-10-12(16)5-3-2-4-6-12/h13,16H,2-10H2,1H3,(H,14,15). The average Bonchev–Trinajstić information content (AvgIpc) is 2.33. The van der Waals surface area contributed by atoms with Gasteiger partial charge in [0, 0.05) is 20.2 Å². The highest BCUT2D eigenvalue weighted by Crippen LogP contribution is 2.27. The second kappa shape index (κ2) is 7.63. The average molecular weight is 244 g/mol. The quantitative estimate of drug-likeness (QED) is 0.553. The summed E-state index contributed by atoms with van der Waals surface area (Å²) in [6.07, 6.45) is 4.89. The molecule has 0 heterocycles. The third kappa shape index (κ3) is 6.00. The fraction of sp³-hybridized carbons (Fsp3) is 0.917. The number of hydrogen-bond donors (Lipinski definition) is 3. The summed E-state index contributed by atoms with van der Waals surface area (Å²) in [5.74, 6) is -0.0694. The lowest BCUT2D eigenvalue weighted by atomic mass is 9.85. The van der Waals surface area contributed by atoms with Crippen molar-refractivity contribution in [3.63, 3.8) is 0 Å². The summed E-state index contributed by atoms with van der Waals surface area (Å²) in [5, 5.41) is 15.9. The zero-order valence-corrected chi connectivity index (χ0v) is 10.6. The van der Waals surface area contributed by atoms with Crippen LogP contribution in [0, 0.1) is 0 Å². The summed E-state index contributed by atoms with van der Waals surface area (Å²) in [7, 11) is 1.63. The fourth-order valence-electron chi connectivity index (χ4n) is 2.09. The largest absolute Gasteiger partial charge is 0.388 e. The molecule has 0 spiro atoms. The molecule has 5 heteroatoms. The first-order chi connectivity index (χ1) is 8.16. The van der Waals surface area contributed by atoms with Crippen molar-refractivity contribution in [2.75, 3.05) is 33.4 Å². The lowest BCUT2D eigenvalue weighted by Crippen LogP contribution is -2.46. The third-order valence-electron chi connectivity index (χ3n) is 3.17. The van der Waals surface area contributed by atoms with E-state index in [4.69, 9.17) is 4.74 Å². The van der Waals surface area contributed by atoms with Crippen molar-refractivity contribution in [3.8, 4) is 0 Å². The first-order valence-electron chi connectivity index (χ1n) is 6.35. The van der Waals surface area contributed by atoms with Crippen LogP contribution in [0.2, 0.25) is 0 Å². The maximum Gasteiger partial charge on any atom is 0.234 e. The predicted molar refractivity (Wildman–Crippen MR) is 65.8 cm³/mol. The fourth-order valence-corrected chi connectivity index (χ4v) is 2.09. The third-order valence-corrected chi connectivity index (χ3v) is 3.17. The van der Waals surface area contributed by atoms with E-state index in [1.807, 2.05) is 0 Å². The monoisotopic (exact) mass is 244 g/mol. The number of carbonyl (C=O) groups excluding carboxylic acids is 1. The summed E-state index contributed by atoms with van der Waals surface area (Å²) in [6, 6.07) is 0. The van der Waals surface area contributed by atoms with Crippen LogP contribution in [0.4, 0.5) is 0 Å². The Bertz CT molecular complexity index is 228. The van der Waals surface area contributed by atoms with Crippen LogP contribution in [-0.2, 0) is 9.53 Å². The Morgan fingerprint density at radius 2 is 2.06 bits per heavy atom. The number of amides is 1. The van der Waals surface area contributed by atoms with Gasteiger partial charge in [-0.15, -0.1) is 0 Å². The van der Waals surface area contributed by atoms with Crippen LogP contribution in [0.5, 0.6) is 0 Å². The van der Waals surface area contributed by atoms with Gasteiger partial charge in [0.05, 0.1) is 18.8 Å². The lowest BCUT2D eigenvalue weighted by Gasteiger charge is -2.32. The Morgan fingerprint density at radius 3 is 2.71 bits per heavy atom. The molecule has 5 nitrogen and oxygen atoms in total. The number of nitrogens with one attached hydrogen (secondary N) is 2. The zero-order chi connectivity index (χ0) is 12.6. The van der Waals surface area contributed by atoms with Crippen molar-refractivity contribution < 1.29 is 14.6 Å². The highest BCUT2D eigenvalue weighted by molar-refractivity contribution is 5.78. The molecule has 0 aliphatic heterocycles. The van der Waals surface area contributed by atoms with Gasteiger partial charge in [-0.1, -0.05) is 19.3 Å². The number of rotatable bonds is 7. The molecule has 1 aliphatic carbocycles. The van der Waals surface area contributed by atoms with E-state index in [1.165, 1.54) is 6.42 Å². The Kier molecular flexibility index (Phi) is 6.47. The van der Waals surface area contributed by atoms with Crippen molar-refractivity contribution in [2.24, 2.45) is 0 Å². The maximum atomic E-state index is 11.5. The van der Waals surface area contributed by atoms with Crippen molar-refractivity contribution in [3.05, 3.63) is 0 Å². The van der Waals surface area contributed by atoms with Gasteiger partial charge >= 0.3 is 0 Å². The minimum absolute atomic E-state index is 0.0694. The van der Waals surface area contributed by atoms with E-state index in [-0.39, 0.29) is 12.5 Å². The molecule has 1 fully saturated rings. The molecule has 17 heavy (non-hydrogen) atoms. The van der Waals surface area contributed by atoms with Crippen molar-refractivity contribution >= 4 is 5.91 Å². The smallest absolute Gasteiger partial charge is 0.234 e. The molecule has 0 bridgehead atoms. The van der Waals surface area contributed by atoms with Crippen molar-refractivity contribution in [2.45, 2.75) is 37.7 Å². The van der Waals surface area contributed by atoms with Gasteiger partial charge in [0.15, 0.2) is 0 Å². The molecule has 0 saturated heterocycles. The topological polar surface area (TPSA) is 70.6 Å². The number of aliphatic hydroxyl groups is 1. The summed E-state index contributed by atoms with van der Waals surface area (Å²) in [6.45, 7) is 1.91. The second-order valence-corrected chi connectivity index (χ2v) is 4.73. The van der Waals surface area contributed by atoms with E-state index in [0.29, 0.717) is 19.7 Å². The Morgan fingerprint density at radius 1 is 1.35 bits per heavy atom. The Hall–Kier alpha value is -0.650. The van der Waals surface area contributed by atoms with Crippen molar-refractivity contribution in [1.29, 1.82) is 0 Å². The SMILES string of the molecule is COCCNCC(=O)NCC1(O)CCCCC1. The highest BCUT2D eigenvalue weighted by Gasteiger charge is 2.29. The molecule has 0 atom stereocenters. The highest BCUT2D eigenvalue weighted by atomic mass is 16.5. The van der Waals surface area contributed by atoms with Crippen LogP contribution < -0.4 is 10.6 Å². The van der Waals surface area contributed by atoms with Gasteiger partial charge < -0.3 is 20.5 Å². The van der Waals surface area contributed by atoms with Gasteiger partial charge in [-0.25, -0.2) is 0 Å². The van der Waals surface area contributed by atoms with E-state index >= 15 is 0 Å². The molecule has 1 rings (SSSR count). The second-order valence-electron chi connectivity index (χ2n) is 4.73. The number of hydrogen-bond acceptors (Lipinski definition) is 4. The molecule has 0 radical (unpaired) electrons. The molecular weight excluding hydrogens is 220 g/mol. The summed E-state index contributed by atoms with van der Waals surface area (Å²) >= 11 is 0.